The van der Waals surface area contributed by atoms with Gasteiger partial charge in [-0.2, -0.15) is 5.26 Å². The lowest BCUT2D eigenvalue weighted by atomic mass is 9.81. The van der Waals surface area contributed by atoms with E-state index in [-0.39, 0.29) is 11.4 Å². The number of nitriles is 1. The highest BCUT2D eigenvalue weighted by molar-refractivity contribution is 7.07. The summed E-state index contributed by atoms with van der Waals surface area (Å²) in [6, 6.07) is 2.28. The van der Waals surface area contributed by atoms with Crippen molar-refractivity contribution in [3.05, 3.63) is 20.7 Å². The van der Waals surface area contributed by atoms with E-state index < -0.39 is 23.5 Å². The predicted octanol–water partition coefficient (Wildman–Crippen LogP) is 1.83. The van der Waals surface area contributed by atoms with Crippen LogP contribution in [0.1, 0.15) is 44.7 Å². The van der Waals surface area contributed by atoms with Gasteiger partial charge in [0, 0.05) is 18.1 Å². The number of rotatable bonds is 5. The van der Waals surface area contributed by atoms with Gasteiger partial charge in [0.25, 0.3) is 5.91 Å². The van der Waals surface area contributed by atoms with E-state index in [1.165, 1.54) is 16.4 Å². The van der Waals surface area contributed by atoms with Crippen molar-refractivity contribution in [1.82, 2.24) is 9.47 Å². The first-order valence-electron chi connectivity index (χ1n) is 8.34. The van der Waals surface area contributed by atoms with Crippen LogP contribution in [0, 0.1) is 18.3 Å². The average Bonchev–Trinajstić information content (AvgIpc) is 2.92. The van der Waals surface area contributed by atoms with Crippen LogP contribution >= 0.6 is 11.3 Å². The van der Waals surface area contributed by atoms with Crippen molar-refractivity contribution in [2.45, 2.75) is 64.1 Å². The van der Waals surface area contributed by atoms with Crippen LogP contribution in [0.15, 0.2) is 10.2 Å². The average molecular weight is 365 g/mol. The second-order valence-electron chi connectivity index (χ2n) is 6.46. The van der Waals surface area contributed by atoms with E-state index in [1.807, 2.05) is 0 Å². The molecule has 1 aromatic rings. The summed E-state index contributed by atoms with van der Waals surface area (Å²) in [6.45, 7) is 3.00. The lowest BCUT2D eigenvalue weighted by Gasteiger charge is -2.39. The fourth-order valence-electron chi connectivity index (χ4n) is 3.15. The standard InChI is InChI=1S/C17H23N3O4S/c1-12-10-25-16(23)20(12)9-14(21)24-13(2)15(22)19(3)17(11-18)7-5-4-6-8-17/h10,13H,4-9H2,1-3H3/t13-/m1/s1. The number of carbonyl (C=O) groups is 2. The number of carbonyl (C=O) groups excluding carboxylic acids is 2. The molecule has 0 bridgehead atoms. The van der Waals surface area contributed by atoms with Crippen LogP contribution < -0.4 is 4.87 Å². The summed E-state index contributed by atoms with van der Waals surface area (Å²) in [6.07, 6.45) is 3.13. The molecular weight excluding hydrogens is 342 g/mol. The molecule has 1 aliphatic rings. The first-order valence-corrected chi connectivity index (χ1v) is 9.22. The number of hydrogen-bond donors (Lipinski definition) is 0. The van der Waals surface area contributed by atoms with E-state index in [9.17, 15) is 19.6 Å². The van der Waals surface area contributed by atoms with Crippen molar-refractivity contribution < 1.29 is 14.3 Å². The molecule has 0 aromatic carbocycles. The zero-order valence-corrected chi connectivity index (χ0v) is 15.6. The van der Waals surface area contributed by atoms with E-state index >= 15 is 0 Å². The first kappa shape index (κ1) is 19.2. The van der Waals surface area contributed by atoms with Crippen molar-refractivity contribution in [3.63, 3.8) is 0 Å². The second kappa shape index (κ2) is 7.83. The highest BCUT2D eigenvalue weighted by Crippen LogP contribution is 2.32. The largest absolute Gasteiger partial charge is 0.451 e. The summed E-state index contributed by atoms with van der Waals surface area (Å²) in [5.41, 5.74) is -0.148. The molecule has 1 saturated carbocycles. The van der Waals surface area contributed by atoms with Crippen LogP contribution in [0.5, 0.6) is 0 Å². The molecule has 1 heterocycles. The third kappa shape index (κ3) is 4.10. The Morgan fingerprint density at radius 1 is 1.44 bits per heavy atom. The van der Waals surface area contributed by atoms with Gasteiger partial charge < -0.3 is 9.64 Å². The fourth-order valence-corrected chi connectivity index (χ4v) is 3.89. The molecule has 0 spiro atoms. The Balaban J connectivity index is 2.00. The Labute approximate surface area is 150 Å². The molecule has 7 nitrogen and oxygen atoms in total. The van der Waals surface area contributed by atoms with Gasteiger partial charge in [-0.05, 0) is 26.7 Å². The summed E-state index contributed by atoms with van der Waals surface area (Å²) in [5, 5.41) is 11.2. The molecule has 0 N–H and O–H groups in total. The normalized spacial score (nSPS) is 17.4. The molecule has 136 valence electrons. The van der Waals surface area contributed by atoms with E-state index in [1.54, 1.807) is 19.4 Å². The van der Waals surface area contributed by atoms with Crippen LogP contribution in [-0.2, 0) is 20.9 Å². The number of aryl methyl sites for hydroxylation is 1. The van der Waals surface area contributed by atoms with E-state index in [0.717, 1.165) is 30.6 Å². The number of hydrogen-bond acceptors (Lipinski definition) is 6. The maximum absolute atomic E-state index is 12.6. The Hall–Kier alpha value is -2.14. The Kier molecular flexibility index (Phi) is 6.01. The van der Waals surface area contributed by atoms with Gasteiger partial charge in [-0.3, -0.25) is 19.0 Å². The molecule has 0 unspecified atom stereocenters. The van der Waals surface area contributed by atoms with Gasteiger partial charge in [-0.15, -0.1) is 0 Å². The lowest BCUT2D eigenvalue weighted by Crippen LogP contribution is -2.53. The van der Waals surface area contributed by atoms with Gasteiger partial charge in [0.1, 0.15) is 12.1 Å². The summed E-state index contributed by atoms with van der Waals surface area (Å²) in [4.78, 5) is 37.5. The zero-order chi connectivity index (χ0) is 18.6. The van der Waals surface area contributed by atoms with Crippen LogP contribution in [-0.4, -0.2) is 40.0 Å². The quantitative estimate of drug-likeness (QED) is 0.742. The van der Waals surface area contributed by atoms with Gasteiger partial charge in [-0.25, -0.2) is 0 Å². The predicted molar refractivity (Wildman–Crippen MR) is 93.1 cm³/mol. The molecule has 1 fully saturated rings. The van der Waals surface area contributed by atoms with Gasteiger partial charge >= 0.3 is 10.8 Å². The maximum Gasteiger partial charge on any atom is 0.326 e. The van der Waals surface area contributed by atoms with Crippen molar-refractivity contribution in [2.75, 3.05) is 7.05 Å². The van der Waals surface area contributed by atoms with Crippen LogP contribution in [0.25, 0.3) is 0 Å². The summed E-state index contributed by atoms with van der Waals surface area (Å²) in [7, 11) is 1.59. The molecule has 1 aromatic heterocycles. The third-order valence-electron chi connectivity index (χ3n) is 4.78. The number of ether oxygens (including phenoxy) is 1. The van der Waals surface area contributed by atoms with Gasteiger partial charge in [0.15, 0.2) is 6.10 Å². The minimum atomic E-state index is -1.00. The van der Waals surface area contributed by atoms with Gasteiger partial charge in [-0.1, -0.05) is 30.6 Å². The molecule has 1 amide bonds. The van der Waals surface area contributed by atoms with Crippen molar-refractivity contribution in [3.8, 4) is 6.07 Å². The second-order valence-corrected chi connectivity index (χ2v) is 7.28. The van der Waals surface area contributed by atoms with E-state index in [2.05, 4.69) is 6.07 Å². The van der Waals surface area contributed by atoms with Gasteiger partial charge in [0.2, 0.25) is 0 Å². The number of likely N-dealkylation sites (N-methyl/N-ethyl adjacent to an activating group) is 1. The molecular formula is C17H23N3O4S. The highest BCUT2D eigenvalue weighted by Gasteiger charge is 2.40. The van der Waals surface area contributed by atoms with Crippen molar-refractivity contribution in [1.29, 1.82) is 5.26 Å². The molecule has 25 heavy (non-hydrogen) atoms. The first-order chi connectivity index (χ1) is 11.8. The monoisotopic (exact) mass is 365 g/mol. The number of esters is 1. The van der Waals surface area contributed by atoms with Crippen LogP contribution in [0.2, 0.25) is 0 Å². The van der Waals surface area contributed by atoms with Crippen molar-refractivity contribution in [2.24, 2.45) is 0 Å². The molecule has 0 radical (unpaired) electrons. The molecule has 1 atom stereocenters. The number of thiazole rings is 1. The third-order valence-corrected chi connectivity index (χ3v) is 5.66. The Morgan fingerprint density at radius 2 is 2.08 bits per heavy atom. The lowest BCUT2D eigenvalue weighted by molar-refractivity contribution is -0.161. The highest BCUT2D eigenvalue weighted by atomic mass is 32.1. The van der Waals surface area contributed by atoms with Crippen LogP contribution in [0.4, 0.5) is 0 Å². The smallest absolute Gasteiger partial charge is 0.326 e. The zero-order valence-electron chi connectivity index (χ0n) is 14.8. The topological polar surface area (TPSA) is 92.4 Å². The maximum atomic E-state index is 12.6. The molecule has 8 heteroatoms. The van der Waals surface area contributed by atoms with Gasteiger partial charge in [0.05, 0.1) is 6.07 Å². The number of aromatic nitrogens is 1. The number of amides is 1. The molecule has 1 aliphatic carbocycles. The molecule has 2 rings (SSSR count). The van der Waals surface area contributed by atoms with Crippen molar-refractivity contribution >= 4 is 23.2 Å². The summed E-state index contributed by atoms with van der Waals surface area (Å²) < 4.78 is 6.51. The SMILES string of the molecule is Cc1csc(=O)n1CC(=O)O[C@H](C)C(=O)N(C)C1(C#N)CCCCC1. The Morgan fingerprint density at radius 3 is 2.60 bits per heavy atom. The Bertz CT molecular complexity index is 740. The molecule has 0 aliphatic heterocycles. The fraction of sp³-hybridized carbons (Fsp3) is 0.647. The molecule has 0 saturated heterocycles. The minimum Gasteiger partial charge on any atom is -0.451 e. The minimum absolute atomic E-state index is 0.223. The summed E-state index contributed by atoms with van der Waals surface area (Å²) in [5.74, 6) is -1.04. The van der Waals surface area contributed by atoms with E-state index in [4.69, 9.17) is 4.74 Å². The number of nitrogens with zero attached hydrogens (tertiary/aromatic N) is 3. The summed E-state index contributed by atoms with van der Waals surface area (Å²) >= 11 is 1.01. The van der Waals surface area contributed by atoms with E-state index in [0.29, 0.717) is 18.5 Å². The van der Waals surface area contributed by atoms with Crippen LogP contribution in [0.3, 0.4) is 0 Å².